The summed E-state index contributed by atoms with van der Waals surface area (Å²) in [6.07, 6.45) is 3.27. The number of aromatic hydroxyl groups is 1. The van der Waals surface area contributed by atoms with Crippen LogP contribution in [0.25, 0.3) is 0 Å². The first-order valence-electron chi connectivity index (χ1n) is 5.34. The number of para-hydroxylation sites is 1. The van der Waals surface area contributed by atoms with Crippen LogP contribution < -0.4 is 0 Å². The predicted octanol–water partition coefficient (Wildman–Crippen LogP) is 2.88. The zero-order valence-electron chi connectivity index (χ0n) is 8.85. The maximum Gasteiger partial charge on any atom is 0.320 e. The molecule has 0 unspecified atom stereocenters. The zero-order valence-corrected chi connectivity index (χ0v) is 9.67. The number of benzene rings is 1. The van der Waals surface area contributed by atoms with Gasteiger partial charge in [0.25, 0.3) is 0 Å². The van der Waals surface area contributed by atoms with Crippen molar-refractivity contribution < 1.29 is 15.0 Å². The molecule has 0 aliphatic heterocycles. The van der Waals surface area contributed by atoms with Gasteiger partial charge in [0.15, 0.2) is 0 Å². The Kier molecular flexibility index (Phi) is 3.10. The van der Waals surface area contributed by atoms with Gasteiger partial charge >= 0.3 is 5.97 Å². The van der Waals surface area contributed by atoms with Gasteiger partial charge in [0.2, 0.25) is 0 Å². The summed E-state index contributed by atoms with van der Waals surface area (Å²) < 4.78 is -0.737. The van der Waals surface area contributed by atoms with Gasteiger partial charge in [-0.1, -0.05) is 25.0 Å². The minimum absolute atomic E-state index is 0.167. The molecule has 1 aliphatic carbocycles. The van der Waals surface area contributed by atoms with Crippen molar-refractivity contribution in [2.45, 2.75) is 35.3 Å². The van der Waals surface area contributed by atoms with E-state index in [9.17, 15) is 15.0 Å². The number of thioether (sulfide) groups is 1. The Balaban J connectivity index is 2.25. The van der Waals surface area contributed by atoms with Crippen molar-refractivity contribution in [3.8, 4) is 5.75 Å². The highest BCUT2D eigenvalue weighted by atomic mass is 32.2. The average Bonchev–Trinajstić information content (AvgIpc) is 2.71. The molecule has 2 N–H and O–H groups in total. The molecule has 16 heavy (non-hydrogen) atoms. The van der Waals surface area contributed by atoms with E-state index in [-0.39, 0.29) is 5.75 Å². The van der Waals surface area contributed by atoms with E-state index >= 15 is 0 Å². The van der Waals surface area contributed by atoms with Crippen molar-refractivity contribution in [3.63, 3.8) is 0 Å². The van der Waals surface area contributed by atoms with Gasteiger partial charge in [-0.15, -0.1) is 11.8 Å². The van der Waals surface area contributed by atoms with Gasteiger partial charge in [0.05, 0.1) is 4.90 Å². The summed E-state index contributed by atoms with van der Waals surface area (Å²) >= 11 is 1.28. The highest BCUT2D eigenvalue weighted by Gasteiger charge is 2.42. The van der Waals surface area contributed by atoms with Gasteiger partial charge in [-0.2, -0.15) is 0 Å². The van der Waals surface area contributed by atoms with Gasteiger partial charge < -0.3 is 10.2 Å². The van der Waals surface area contributed by atoms with Crippen molar-refractivity contribution in [3.05, 3.63) is 24.3 Å². The lowest BCUT2D eigenvalue weighted by atomic mass is 10.1. The third-order valence-electron chi connectivity index (χ3n) is 2.97. The quantitative estimate of drug-likeness (QED) is 0.850. The molecule has 1 aromatic carbocycles. The molecule has 2 rings (SSSR count). The van der Waals surface area contributed by atoms with Gasteiger partial charge in [-0.25, -0.2) is 0 Å². The first-order chi connectivity index (χ1) is 7.64. The Hall–Kier alpha value is -1.16. The number of aliphatic carboxylic acids is 1. The van der Waals surface area contributed by atoms with E-state index in [0.717, 1.165) is 12.8 Å². The van der Waals surface area contributed by atoms with Crippen molar-refractivity contribution in [1.29, 1.82) is 0 Å². The molecule has 0 bridgehead atoms. The molecule has 0 saturated heterocycles. The Bertz CT molecular complexity index is 397. The fourth-order valence-corrected chi connectivity index (χ4v) is 3.38. The van der Waals surface area contributed by atoms with E-state index in [1.807, 2.05) is 6.07 Å². The van der Waals surface area contributed by atoms with Crippen LogP contribution in [0.2, 0.25) is 0 Å². The molecule has 1 fully saturated rings. The maximum absolute atomic E-state index is 11.3. The summed E-state index contributed by atoms with van der Waals surface area (Å²) in [5.41, 5.74) is 0. The molecule has 3 nitrogen and oxygen atoms in total. The number of carbonyl (C=O) groups is 1. The lowest BCUT2D eigenvalue weighted by molar-refractivity contribution is -0.139. The van der Waals surface area contributed by atoms with E-state index in [1.165, 1.54) is 11.8 Å². The standard InChI is InChI=1S/C12H14O3S/c13-9-5-1-2-6-10(9)16-12(11(14)15)7-3-4-8-12/h1-2,5-6,13H,3-4,7-8H2,(H,14,15). The first-order valence-corrected chi connectivity index (χ1v) is 6.16. The summed E-state index contributed by atoms with van der Waals surface area (Å²) in [6, 6.07) is 6.91. The molecular weight excluding hydrogens is 224 g/mol. The van der Waals surface area contributed by atoms with Crippen LogP contribution >= 0.6 is 11.8 Å². The summed E-state index contributed by atoms with van der Waals surface area (Å²) in [5, 5.41) is 19.0. The minimum Gasteiger partial charge on any atom is -0.507 e. The molecule has 0 radical (unpaired) electrons. The highest BCUT2D eigenvalue weighted by Crippen LogP contribution is 2.47. The molecular formula is C12H14O3S. The largest absolute Gasteiger partial charge is 0.507 e. The van der Waals surface area contributed by atoms with E-state index in [0.29, 0.717) is 17.7 Å². The summed E-state index contributed by atoms with van der Waals surface area (Å²) in [7, 11) is 0. The Labute approximate surface area is 98.5 Å². The molecule has 0 atom stereocenters. The van der Waals surface area contributed by atoms with E-state index in [4.69, 9.17) is 0 Å². The summed E-state index contributed by atoms with van der Waals surface area (Å²) in [6.45, 7) is 0. The highest BCUT2D eigenvalue weighted by molar-refractivity contribution is 8.01. The molecule has 86 valence electrons. The summed E-state index contributed by atoms with van der Waals surface area (Å²) in [4.78, 5) is 12.0. The van der Waals surface area contributed by atoms with Gasteiger partial charge in [0, 0.05) is 0 Å². The lowest BCUT2D eigenvalue weighted by Crippen LogP contribution is -2.31. The third-order valence-corrected chi connectivity index (χ3v) is 4.51. The second-order valence-electron chi connectivity index (χ2n) is 4.08. The van der Waals surface area contributed by atoms with Gasteiger partial charge in [0.1, 0.15) is 10.5 Å². The van der Waals surface area contributed by atoms with Gasteiger partial charge in [-0.3, -0.25) is 4.79 Å². The number of rotatable bonds is 3. The van der Waals surface area contributed by atoms with Crippen molar-refractivity contribution >= 4 is 17.7 Å². The molecule has 4 heteroatoms. The zero-order chi connectivity index (χ0) is 11.6. The van der Waals surface area contributed by atoms with Crippen molar-refractivity contribution in [2.24, 2.45) is 0 Å². The van der Waals surface area contributed by atoms with E-state index in [1.54, 1.807) is 18.2 Å². The van der Waals surface area contributed by atoms with E-state index < -0.39 is 10.7 Å². The first kappa shape index (κ1) is 11.3. The van der Waals surface area contributed by atoms with Crippen LogP contribution in [0, 0.1) is 0 Å². The lowest BCUT2D eigenvalue weighted by Gasteiger charge is -2.23. The number of hydrogen-bond acceptors (Lipinski definition) is 3. The number of hydrogen-bond donors (Lipinski definition) is 2. The summed E-state index contributed by atoms with van der Waals surface area (Å²) in [5.74, 6) is -0.599. The maximum atomic E-state index is 11.3. The molecule has 0 heterocycles. The van der Waals surface area contributed by atoms with Crippen LogP contribution in [0.3, 0.4) is 0 Å². The molecule has 0 aromatic heterocycles. The fraction of sp³-hybridized carbons (Fsp3) is 0.417. The smallest absolute Gasteiger partial charge is 0.320 e. The van der Waals surface area contributed by atoms with Crippen LogP contribution in [0.5, 0.6) is 5.75 Å². The second kappa shape index (κ2) is 4.37. The number of phenols is 1. The molecule has 0 amide bonds. The molecule has 1 aliphatic rings. The van der Waals surface area contributed by atoms with Crippen LogP contribution in [0.1, 0.15) is 25.7 Å². The Morgan fingerprint density at radius 3 is 2.44 bits per heavy atom. The van der Waals surface area contributed by atoms with Crippen LogP contribution in [0.15, 0.2) is 29.2 Å². The number of carboxylic acids is 1. The molecule has 0 spiro atoms. The van der Waals surface area contributed by atoms with Gasteiger partial charge in [-0.05, 0) is 25.0 Å². The normalized spacial score (nSPS) is 18.5. The van der Waals surface area contributed by atoms with Crippen molar-refractivity contribution in [2.75, 3.05) is 0 Å². The molecule has 1 saturated carbocycles. The minimum atomic E-state index is -0.766. The predicted molar refractivity (Wildman–Crippen MR) is 62.8 cm³/mol. The SMILES string of the molecule is O=C(O)C1(Sc2ccccc2O)CCCC1. The van der Waals surface area contributed by atoms with Crippen molar-refractivity contribution in [1.82, 2.24) is 0 Å². The van der Waals surface area contributed by atoms with Crippen LogP contribution in [-0.4, -0.2) is 20.9 Å². The number of carboxylic acid groups (broad SMARTS) is 1. The third kappa shape index (κ3) is 2.02. The van der Waals surface area contributed by atoms with Crippen LogP contribution in [-0.2, 0) is 4.79 Å². The monoisotopic (exact) mass is 238 g/mol. The van der Waals surface area contributed by atoms with Crippen LogP contribution in [0.4, 0.5) is 0 Å². The number of phenolic OH excluding ortho intramolecular Hbond substituents is 1. The topological polar surface area (TPSA) is 57.5 Å². The average molecular weight is 238 g/mol. The second-order valence-corrected chi connectivity index (χ2v) is 5.50. The Morgan fingerprint density at radius 1 is 1.25 bits per heavy atom. The molecule has 1 aromatic rings. The Morgan fingerprint density at radius 2 is 1.88 bits per heavy atom. The fourth-order valence-electron chi connectivity index (χ4n) is 2.06. The van der Waals surface area contributed by atoms with E-state index in [2.05, 4.69) is 0 Å².